The largest absolute Gasteiger partial charge is 0.497 e. The number of benzene rings is 1. The van der Waals surface area contributed by atoms with Gasteiger partial charge >= 0.3 is 5.97 Å². The van der Waals surface area contributed by atoms with Crippen molar-refractivity contribution in [3.05, 3.63) is 24.3 Å². The van der Waals surface area contributed by atoms with Gasteiger partial charge in [0.2, 0.25) is 0 Å². The van der Waals surface area contributed by atoms with Crippen molar-refractivity contribution >= 4 is 0 Å². The molecule has 2 bridgehead atoms. The Morgan fingerprint density at radius 1 is 1.06 bits per heavy atom. The van der Waals surface area contributed by atoms with Crippen molar-refractivity contribution in [2.75, 3.05) is 33.5 Å². The molecule has 3 saturated heterocycles. The van der Waals surface area contributed by atoms with Crippen LogP contribution < -0.4 is 9.47 Å². The fourth-order valence-electron chi connectivity index (χ4n) is 1.97. The number of fused-ring (bicyclic) bond motifs is 3. The highest BCUT2D eigenvalue weighted by molar-refractivity contribution is 5.31. The summed E-state index contributed by atoms with van der Waals surface area (Å²) in [6.07, 6.45) is 0. The van der Waals surface area contributed by atoms with Crippen molar-refractivity contribution in [1.29, 1.82) is 0 Å². The van der Waals surface area contributed by atoms with Gasteiger partial charge in [-0.2, -0.15) is 0 Å². The van der Waals surface area contributed by atoms with Gasteiger partial charge in [0.1, 0.15) is 11.5 Å². The molecule has 0 N–H and O–H groups in total. The maximum absolute atomic E-state index is 5.63. The van der Waals surface area contributed by atoms with E-state index < -0.39 is 5.97 Å². The van der Waals surface area contributed by atoms with E-state index in [2.05, 4.69) is 0 Å². The van der Waals surface area contributed by atoms with Crippen LogP contribution in [0.25, 0.3) is 0 Å². The van der Waals surface area contributed by atoms with E-state index in [0.717, 1.165) is 11.5 Å². The van der Waals surface area contributed by atoms with E-state index in [1.807, 2.05) is 24.3 Å². The van der Waals surface area contributed by atoms with Crippen LogP contribution in [0.5, 0.6) is 11.5 Å². The van der Waals surface area contributed by atoms with Crippen LogP contribution in [-0.4, -0.2) is 39.5 Å². The molecular weight excluding hydrogens is 236 g/mol. The zero-order valence-electron chi connectivity index (χ0n) is 10.3. The molecule has 98 valence electrons. The molecule has 18 heavy (non-hydrogen) atoms. The second-order valence-electron chi connectivity index (χ2n) is 4.45. The summed E-state index contributed by atoms with van der Waals surface area (Å²) in [4.78, 5) is 0. The van der Waals surface area contributed by atoms with Crippen LogP contribution in [0.15, 0.2) is 24.3 Å². The molecule has 4 rings (SSSR count). The molecule has 1 aromatic carbocycles. The molecule has 0 amide bonds. The van der Waals surface area contributed by atoms with Crippen LogP contribution in [0.2, 0.25) is 0 Å². The normalized spacial score (nSPS) is 30.2. The van der Waals surface area contributed by atoms with Crippen LogP contribution in [0.4, 0.5) is 0 Å². The van der Waals surface area contributed by atoms with E-state index >= 15 is 0 Å². The van der Waals surface area contributed by atoms with Crippen molar-refractivity contribution in [3.63, 3.8) is 0 Å². The fourth-order valence-corrected chi connectivity index (χ4v) is 1.97. The lowest BCUT2D eigenvalue weighted by molar-refractivity contribution is -0.453. The first-order valence-electron chi connectivity index (χ1n) is 5.98. The molecule has 3 fully saturated rings. The lowest BCUT2D eigenvalue weighted by Gasteiger charge is -2.44. The van der Waals surface area contributed by atoms with Gasteiger partial charge in [-0.1, -0.05) is 0 Å². The molecule has 3 aliphatic heterocycles. The van der Waals surface area contributed by atoms with E-state index in [0.29, 0.717) is 25.7 Å². The molecule has 3 heterocycles. The molecule has 1 aromatic rings. The summed E-state index contributed by atoms with van der Waals surface area (Å²) < 4.78 is 27.3. The molecule has 0 aliphatic carbocycles. The standard InChI is InChI=1S/C13H16O5/c1-14-11-2-4-12(5-3-11)15-9-13-16-6-10(7-17-13)8-18-13/h2-5,10H,6-9H2,1H3. The van der Waals surface area contributed by atoms with Gasteiger partial charge in [0.05, 0.1) is 26.9 Å². The van der Waals surface area contributed by atoms with E-state index in [1.54, 1.807) is 7.11 Å². The van der Waals surface area contributed by atoms with Crippen LogP contribution in [0.1, 0.15) is 0 Å². The average Bonchev–Trinajstić information content (AvgIpc) is 2.48. The number of hydrogen-bond acceptors (Lipinski definition) is 5. The molecular formula is C13H16O5. The summed E-state index contributed by atoms with van der Waals surface area (Å²) in [6.45, 7) is 2.25. The quantitative estimate of drug-likeness (QED) is 0.811. The fraction of sp³-hybridized carbons (Fsp3) is 0.538. The predicted octanol–water partition coefficient (Wildman–Crippen LogP) is 1.42. The topological polar surface area (TPSA) is 46.2 Å². The van der Waals surface area contributed by atoms with Crippen molar-refractivity contribution < 1.29 is 23.7 Å². The first-order chi connectivity index (χ1) is 8.80. The zero-order chi connectivity index (χ0) is 12.4. The Bertz CT molecular complexity index is 381. The Hall–Kier alpha value is -1.30. The maximum atomic E-state index is 5.63. The zero-order valence-corrected chi connectivity index (χ0v) is 10.3. The average molecular weight is 252 g/mol. The number of ether oxygens (including phenoxy) is 5. The second-order valence-corrected chi connectivity index (χ2v) is 4.45. The molecule has 0 radical (unpaired) electrons. The van der Waals surface area contributed by atoms with Crippen LogP contribution in [0.3, 0.4) is 0 Å². The Labute approximate surface area is 106 Å². The first kappa shape index (κ1) is 11.8. The van der Waals surface area contributed by atoms with Gasteiger partial charge in [-0.25, -0.2) is 0 Å². The van der Waals surface area contributed by atoms with E-state index in [4.69, 9.17) is 23.7 Å². The number of methoxy groups -OCH3 is 1. The number of hydrogen-bond donors (Lipinski definition) is 0. The summed E-state index contributed by atoms with van der Waals surface area (Å²) in [5.41, 5.74) is 0. The highest BCUT2D eigenvalue weighted by Gasteiger charge is 2.45. The third-order valence-electron chi connectivity index (χ3n) is 3.09. The van der Waals surface area contributed by atoms with Gasteiger partial charge in [-0.3, -0.25) is 0 Å². The molecule has 0 spiro atoms. The van der Waals surface area contributed by atoms with Crippen molar-refractivity contribution in [2.24, 2.45) is 5.92 Å². The lowest BCUT2D eigenvalue weighted by atomic mass is 10.1. The van der Waals surface area contributed by atoms with Crippen molar-refractivity contribution in [3.8, 4) is 11.5 Å². The van der Waals surface area contributed by atoms with Gasteiger partial charge in [0.15, 0.2) is 6.61 Å². The molecule has 5 nitrogen and oxygen atoms in total. The first-order valence-corrected chi connectivity index (χ1v) is 5.98. The second kappa shape index (κ2) is 4.76. The van der Waals surface area contributed by atoms with E-state index in [1.165, 1.54) is 0 Å². The molecule has 3 aliphatic rings. The van der Waals surface area contributed by atoms with Crippen LogP contribution in [0, 0.1) is 5.92 Å². The Morgan fingerprint density at radius 2 is 1.61 bits per heavy atom. The molecule has 0 atom stereocenters. The Balaban J connectivity index is 1.59. The van der Waals surface area contributed by atoms with E-state index in [-0.39, 0.29) is 6.61 Å². The maximum Gasteiger partial charge on any atom is 0.319 e. The minimum Gasteiger partial charge on any atom is -0.497 e. The third-order valence-corrected chi connectivity index (χ3v) is 3.09. The summed E-state index contributed by atoms with van der Waals surface area (Å²) in [6, 6.07) is 7.36. The molecule has 0 aromatic heterocycles. The Morgan fingerprint density at radius 3 is 2.17 bits per heavy atom. The highest BCUT2D eigenvalue weighted by Crippen LogP contribution is 2.31. The van der Waals surface area contributed by atoms with Gasteiger partial charge in [-0.15, -0.1) is 0 Å². The highest BCUT2D eigenvalue weighted by atomic mass is 16.9. The van der Waals surface area contributed by atoms with Gasteiger partial charge in [0.25, 0.3) is 0 Å². The van der Waals surface area contributed by atoms with E-state index in [9.17, 15) is 0 Å². The molecule has 0 saturated carbocycles. The Kier molecular flexibility index (Phi) is 3.11. The van der Waals surface area contributed by atoms with Gasteiger partial charge < -0.3 is 23.7 Å². The lowest BCUT2D eigenvalue weighted by Crippen LogP contribution is -2.57. The van der Waals surface area contributed by atoms with Crippen LogP contribution >= 0.6 is 0 Å². The monoisotopic (exact) mass is 252 g/mol. The van der Waals surface area contributed by atoms with Gasteiger partial charge in [-0.05, 0) is 24.3 Å². The number of rotatable bonds is 4. The third kappa shape index (κ3) is 2.29. The smallest absolute Gasteiger partial charge is 0.319 e. The molecule has 0 unspecified atom stereocenters. The summed E-state index contributed by atoms with van der Waals surface area (Å²) in [5, 5.41) is 0. The van der Waals surface area contributed by atoms with Crippen LogP contribution in [-0.2, 0) is 14.2 Å². The van der Waals surface area contributed by atoms with Crippen molar-refractivity contribution in [2.45, 2.75) is 5.97 Å². The molecule has 5 heteroatoms. The SMILES string of the molecule is COc1ccc(OCC23OCC(CO2)CO3)cc1. The van der Waals surface area contributed by atoms with Gasteiger partial charge in [0, 0.05) is 5.92 Å². The predicted molar refractivity (Wildman–Crippen MR) is 62.6 cm³/mol. The summed E-state index contributed by atoms with van der Waals surface area (Å²) in [7, 11) is 1.63. The minimum atomic E-state index is -1.02. The minimum absolute atomic E-state index is 0.228. The summed E-state index contributed by atoms with van der Waals surface area (Å²) >= 11 is 0. The summed E-state index contributed by atoms with van der Waals surface area (Å²) in [5.74, 6) is 0.860. The van der Waals surface area contributed by atoms with Crippen molar-refractivity contribution in [1.82, 2.24) is 0 Å².